The van der Waals surface area contributed by atoms with Gasteiger partial charge in [-0.3, -0.25) is 9.59 Å². The molecule has 3 aromatic rings. The van der Waals surface area contributed by atoms with E-state index >= 15 is 0 Å². The van der Waals surface area contributed by atoms with E-state index in [-0.39, 0.29) is 17.3 Å². The monoisotopic (exact) mass is 302 g/mol. The molecule has 23 heavy (non-hydrogen) atoms. The molecule has 1 aromatic heterocycles. The fourth-order valence-corrected chi connectivity index (χ4v) is 3.04. The minimum atomic E-state index is -0.214. The molecule has 0 spiro atoms. The first-order valence-corrected chi connectivity index (χ1v) is 7.55. The Hall–Kier alpha value is -3.01. The van der Waals surface area contributed by atoms with E-state index in [0.717, 1.165) is 16.3 Å². The Morgan fingerprint density at radius 1 is 0.957 bits per heavy atom. The highest BCUT2D eigenvalue weighted by Crippen LogP contribution is 2.28. The van der Waals surface area contributed by atoms with Crippen LogP contribution < -0.4 is 0 Å². The lowest BCUT2D eigenvalue weighted by atomic mass is 10.1. The molecule has 2 aromatic carbocycles. The van der Waals surface area contributed by atoms with Gasteiger partial charge in [0.05, 0.1) is 0 Å². The zero-order chi connectivity index (χ0) is 16.0. The van der Waals surface area contributed by atoms with Gasteiger partial charge in [-0.15, -0.1) is 0 Å². The standard InChI is InChI=1S/C19H14N2O2/c1-2-21-18-16(23)10-9-15(22)17(18)20-19(21)14-8-7-12-5-3-4-6-13(12)11-14/h3-11H,2H2,1H3. The zero-order valence-corrected chi connectivity index (χ0v) is 12.6. The average molecular weight is 302 g/mol. The van der Waals surface area contributed by atoms with Crippen LogP contribution >= 0.6 is 0 Å². The number of nitrogens with zero attached hydrogens (tertiary/aromatic N) is 2. The van der Waals surface area contributed by atoms with Crippen molar-refractivity contribution in [2.24, 2.45) is 0 Å². The Morgan fingerprint density at radius 3 is 2.48 bits per heavy atom. The second kappa shape index (κ2) is 5.02. The van der Waals surface area contributed by atoms with Crippen LogP contribution in [0.2, 0.25) is 0 Å². The lowest BCUT2D eigenvalue weighted by molar-refractivity contribution is 0.0986. The number of benzene rings is 2. The number of aromatic nitrogens is 2. The van der Waals surface area contributed by atoms with Crippen molar-refractivity contribution in [2.75, 3.05) is 0 Å². The third-order valence-electron chi connectivity index (χ3n) is 4.14. The Labute approximate surface area is 133 Å². The van der Waals surface area contributed by atoms with Gasteiger partial charge < -0.3 is 4.57 Å². The molecule has 1 aliphatic carbocycles. The number of hydrogen-bond donors (Lipinski definition) is 0. The fraction of sp³-hybridized carbons (Fsp3) is 0.105. The lowest BCUT2D eigenvalue weighted by Crippen LogP contribution is -2.15. The van der Waals surface area contributed by atoms with Gasteiger partial charge in [-0.2, -0.15) is 0 Å². The smallest absolute Gasteiger partial charge is 0.206 e. The minimum absolute atomic E-state index is 0.166. The second-order valence-corrected chi connectivity index (χ2v) is 5.50. The Kier molecular flexibility index (Phi) is 2.98. The van der Waals surface area contributed by atoms with E-state index in [2.05, 4.69) is 4.98 Å². The van der Waals surface area contributed by atoms with Crippen LogP contribution in [-0.2, 0) is 6.54 Å². The van der Waals surface area contributed by atoms with Gasteiger partial charge in [0.2, 0.25) is 11.6 Å². The van der Waals surface area contributed by atoms with Gasteiger partial charge in [0.25, 0.3) is 0 Å². The summed E-state index contributed by atoms with van der Waals surface area (Å²) < 4.78 is 1.82. The predicted molar refractivity (Wildman–Crippen MR) is 88.6 cm³/mol. The summed E-state index contributed by atoms with van der Waals surface area (Å²) in [6.45, 7) is 2.53. The van der Waals surface area contributed by atoms with E-state index in [1.165, 1.54) is 12.2 Å². The second-order valence-electron chi connectivity index (χ2n) is 5.50. The lowest BCUT2D eigenvalue weighted by Gasteiger charge is -2.10. The highest BCUT2D eigenvalue weighted by Gasteiger charge is 2.28. The summed E-state index contributed by atoms with van der Waals surface area (Å²) in [6, 6.07) is 14.1. The van der Waals surface area contributed by atoms with Crippen LogP contribution in [0.3, 0.4) is 0 Å². The molecule has 0 bridgehead atoms. The van der Waals surface area contributed by atoms with Gasteiger partial charge in [0, 0.05) is 12.1 Å². The molecule has 4 nitrogen and oxygen atoms in total. The SMILES string of the molecule is CCn1c(-c2ccc3ccccc3c2)nc2c1C(=O)C=CC2=O. The van der Waals surface area contributed by atoms with Crippen molar-refractivity contribution < 1.29 is 9.59 Å². The Bertz CT molecular complexity index is 996. The van der Waals surface area contributed by atoms with Crippen molar-refractivity contribution in [3.8, 4) is 11.4 Å². The number of rotatable bonds is 2. The predicted octanol–water partition coefficient (Wildman–Crippen LogP) is 3.66. The van der Waals surface area contributed by atoms with E-state index in [0.29, 0.717) is 18.1 Å². The third-order valence-corrected chi connectivity index (χ3v) is 4.14. The van der Waals surface area contributed by atoms with Crippen LogP contribution in [0.4, 0.5) is 0 Å². The molecule has 1 heterocycles. The summed E-state index contributed by atoms with van der Waals surface area (Å²) in [7, 11) is 0. The number of fused-ring (bicyclic) bond motifs is 2. The van der Waals surface area contributed by atoms with Crippen molar-refractivity contribution in [3.05, 3.63) is 66.0 Å². The maximum atomic E-state index is 12.2. The maximum Gasteiger partial charge on any atom is 0.206 e. The molecule has 112 valence electrons. The summed E-state index contributed by atoms with van der Waals surface area (Å²) in [6.07, 6.45) is 2.62. The van der Waals surface area contributed by atoms with Crippen molar-refractivity contribution in [1.82, 2.24) is 9.55 Å². The van der Waals surface area contributed by atoms with Crippen LogP contribution in [-0.4, -0.2) is 21.1 Å². The van der Waals surface area contributed by atoms with E-state index in [1.807, 2.05) is 54.0 Å². The topological polar surface area (TPSA) is 52.0 Å². The van der Waals surface area contributed by atoms with Gasteiger partial charge in [0.1, 0.15) is 17.2 Å². The van der Waals surface area contributed by atoms with Crippen LogP contribution in [0.15, 0.2) is 54.6 Å². The number of carbonyl (C=O) groups excluding carboxylic acids is 2. The van der Waals surface area contributed by atoms with Crippen molar-refractivity contribution in [3.63, 3.8) is 0 Å². The Balaban J connectivity index is 1.96. The van der Waals surface area contributed by atoms with Gasteiger partial charge in [-0.05, 0) is 35.9 Å². The number of ketones is 2. The summed E-state index contributed by atoms with van der Waals surface area (Å²) >= 11 is 0. The first kappa shape index (κ1) is 13.6. The first-order valence-electron chi connectivity index (χ1n) is 7.55. The molecule has 4 heteroatoms. The van der Waals surface area contributed by atoms with E-state index in [1.54, 1.807) is 0 Å². The van der Waals surface area contributed by atoms with Crippen LogP contribution in [0.25, 0.3) is 22.2 Å². The molecule has 0 amide bonds. The quantitative estimate of drug-likeness (QED) is 0.726. The molecule has 0 atom stereocenters. The van der Waals surface area contributed by atoms with Crippen molar-refractivity contribution in [1.29, 1.82) is 0 Å². The summed E-state index contributed by atoms with van der Waals surface area (Å²) in [4.78, 5) is 28.7. The largest absolute Gasteiger partial charge is 0.321 e. The van der Waals surface area contributed by atoms with Gasteiger partial charge in [-0.1, -0.05) is 36.4 Å². The molecule has 0 radical (unpaired) electrons. The highest BCUT2D eigenvalue weighted by molar-refractivity contribution is 6.20. The highest BCUT2D eigenvalue weighted by atomic mass is 16.1. The molecule has 0 unspecified atom stereocenters. The first-order chi connectivity index (χ1) is 11.2. The summed E-state index contributed by atoms with van der Waals surface area (Å²) in [5.74, 6) is 0.281. The summed E-state index contributed by atoms with van der Waals surface area (Å²) in [5.41, 5.74) is 1.55. The van der Waals surface area contributed by atoms with Crippen LogP contribution in [0.5, 0.6) is 0 Å². The number of allylic oxidation sites excluding steroid dienone is 2. The molecule has 4 rings (SSSR count). The van der Waals surface area contributed by atoms with Crippen molar-refractivity contribution in [2.45, 2.75) is 13.5 Å². The molecule has 0 fully saturated rings. The molecule has 0 saturated heterocycles. The van der Waals surface area contributed by atoms with Crippen LogP contribution in [0, 0.1) is 0 Å². The number of hydrogen-bond acceptors (Lipinski definition) is 3. The Morgan fingerprint density at radius 2 is 1.70 bits per heavy atom. The average Bonchev–Trinajstić information content (AvgIpc) is 2.98. The van der Waals surface area contributed by atoms with Gasteiger partial charge in [-0.25, -0.2) is 4.98 Å². The molecule has 0 saturated carbocycles. The zero-order valence-electron chi connectivity index (χ0n) is 12.6. The molecular weight excluding hydrogens is 288 g/mol. The van der Waals surface area contributed by atoms with E-state index < -0.39 is 0 Å². The van der Waals surface area contributed by atoms with Gasteiger partial charge in [0.15, 0.2) is 0 Å². The minimum Gasteiger partial charge on any atom is -0.321 e. The molecule has 1 aliphatic rings. The normalized spacial score (nSPS) is 13.6. The molecular formula is C19H14N2O2. The van der Waals surface area contributed by atoms with Gasteiger partial charge >= 0.3 is 0 Å². The summed E-state index contributed by atoms with van der Waals surface area (Å²) in [5, 5.41) is 2.24. The third kappa shape index (κ3) is 2.03. The number of imidazole rings is 1. The molecule has 0 N–H and O–H groups in total. The fourth-order valence-electron chi connectivity index (χ4n) is 3.04. The van der Waals surface area contributed by atoms with E-state index in [9.17, 15) is 9.59 Å². The van der Waals surface area contributed by atoms with E-state index in [4.69, 9.17) is 0 Å². The maximum absolute atomic E-state index is 12.2. The molecule has 0 aliphatic heterocycles. The van der Waals surface area contributed by atoms with Crippen molar-refractivity contribution >= 4 is 22.3 Å². The van der Waals surface area contributed by atoms with Crippen LogP contribution in [0.1, 0.15) is 27.9 Å². The number of carbonyl (C=O) groups is 2.